The molecule has 0 saturated carbocycles. The van der Waals surface area contributed by atoms with Gasteiger partial charge in [-0.1, -0.05) is 30.3 Å². The predicted octanol–water partition coefficient (Wildman–Crippen LogP) is 3.97. The number of hydrogen-bond donors (Lipinski definition) is 1. The molecule has 0 fully saturated rings. The lowest BCUT2D eigenvalue weighted by Gasteiger charge is -2.09. The molecule has 0 aliphatic carbocycles. The van der Waals surface area contributed by atoms with E-state index in [9.17, 15) is 0 Å². The summed E-state index contributed by atoms with van der Waals surface area (Å²) in [6.45, 7) is 3.59. The summed E-state index contributed by atoms with van der Waals surface area (Å²) in [5.74, 6) is 0.660. The Morgan fingerprint density at radius 3 is 2.86 bits per heavy atom. The van der Waals surface area contributed by atoms with Gasteiger partial charge in [-0.2, -0.15) is 5.10 Å². The highest BCUT2D eigenvalue weighted by atomic mass is 32.2. The summed E-state index contributed by atoms with van der Waals surface area (Å²) in [5.41, 5.74) is 3.90. The molecule has 0 spiro atoms. The molecule has 4 rings (SSSR count). The highest BCUT2D eigenvalue weighted by Crippen LogP contribution is 2.26. The molecule has 0 amide bonds. The van der Waals surface area contributed by atoms with Crippen LogP contribution in [-0.4, -0.2) is 30.9 Å². The van der Waals surface area contributed by atoms with Crippen molar-refractivity contribution < 1.29 is 0 Å². The summed E-state index contributed by atoms with van der Waals surface area (Å²) in [4.78, 5) is 9.02. The normalized spacial score (nSPS) is 11.7. The Bertz CT molecular complexity index is 1130. The molecule has 1 N–H and O–H groups in total. The molecule has 0 atom stereocenters. The van der Waals surface area contributed by atoms with Crippen molar-refractivity contribution in [3.05, 3.63) is 78.0 Å². The number of hydrogen-bond acceptors (Lipinski definition) is 6. The van der Waals surface area contributed by atoms with Gasteiger partial charge in [-0.15, -0.1) is 0 Å². The monoisotopic (exact) mass is 389 g/mol. The van der Waals surface area contributed by atoms with Crippen LogP contribution in [0.5, 0.6) is 0 Å². The van der Waals surface area contributed by atoms with Gasteiger partial charge < -0.3 is 5.32 Å². The summed E-state index contributed by atoms with van der Waals surface area (Å²) < 4.78 is 7.71. The van der Waals surface area contributed by atoms with E-state index in [0.717, 1.165) is 28.4 Å². The van der Waals surface area contributed by atoms with E-state index in [2.05, 4.69) is 49.7 Å². The van der Waals surface area contributed by atoms with Crippen LogP contribution in [0.2, 0.25) is 0 Å². The van der Waals surface area contributed by atoms with Gasteiger partial charge in [-0.25, -0.2) is 14.4 Å². The van der Waals surface area contributed by atoms with E-state index in [1.54, 1.807) is 10.9 Å². The van der Waals surface area contributed by atoms with Gasteiger partial charge in [0.1, 0.15) is 0 Å². The van der Waals surface area contributed by atoms with E-state index in [1.165, 1.54) is 17.5 Å². The zero-order chi connectivity index (χ0) is 19.3. The minimum atomic E-state index is 0.660. The maximum atomic E-state index is 4.55. The van der Waals surface area contributed by atoms with Crippen LogP contribution in [0, 0.1) is 0 Å². The standard InChI is InChI=1S/C20H19N7S/c1-21-28-18(9-8-15-6-4-3-5-7-15)25-19-20-23-13-17(27(20)11-10-22-19)16-12-24-26(2)14-16/h3-7,9-14H,1,8H2,2H3,(H,22,25)/b18-9-. The fraction of sp³-hybridized carbons (Fsp3) is 0.100. The van der Waals surface area contributed by atoms with Crippen molar-refractivity contribution in [2.24, 2.45) is 11.4 Å². The molecule has 3 aromatic heterocycles. The van der Waals surface area contributed by atoms with Crippen molar-refractivity contribution in [3.8, 4) is 11.3 Å². The number of nitrogens with one attached hydrogen (secondary N) is 1. The molecule has 8 heteroatoms. The molecule has 4 aromatic rings. The van der Waals surface area contributed by atoms with E-state index in [1.807, 2.05) is 54.4 Å². The number of benzene rings is 1. The third-order valence-corrected chi connectivity index (χ3v) is 4.79. The summed E-state index contributed by atoms with van der Waals surface area (Å²) in [6.07, 6.45) is 12.1. The number of fused-ring (bicyclic) bond motifs is 1. The molecule has 140 valence electrons. The van der Waals surface area contributed by atoms with Gasteiger partial charge in [-0.05, 0) is 24.8 Å². The summed E-state index contributed by atoms with van der Waals surface area (Å²) in [5, 5.41) is 8.43. The average molecular weight is 389 g/mol. The number of aromatic nitrogens is 5. The van der Waals surface area contributed by atoms with E-state index in [0.29, 0.717) is 5.82 Å². The number of aryl methyl sites for hydroxylation is 1. The van der Waals surface area contributed by atoms with Crippen LogP contribution < -0.4 is 5.32 Å². The van der Waals surface area contributed by atoms with E-state index < -0.39 is 0 Å². The third-order valence-electron chi connectivity index (χ3n) is 4.20. The molecular weight excluding hydrogens is 370 g/mol. The van der Waals surface area contributed by atoms with Crippen molar-refractivity contribution in [1.29, 1.82) is 0 Å². The van der Waals surface area contributed by atoms with Crippen LogP contribution in [0.25, 0.3) is 16.9 Å². The van der Waals surface area contributed by atoms with E-state index in [4.69, 9.17) is 0 Å². The van der Waals surface area contributed by atoms with Gasteiger partial charge >= 0.3 is 0 Å². The van der Waals surface area contributed by atoms with E-state index >= 15 is 0 Å². The molecule has 7 nitrogen and oxygen atoms in total. The van der Waals surface area contributed by atoms with Crippen LogP contribution in [0.15, 0.2) is 76.8 Å². The zero-order valence-electron chi connectivity index (χ0n) is 15.4. The Balaban J connectivity index is 1.64. The zero-order valence-corrected chi connectivity index (χ0v) is 16.2. The minimum absolute atomic E-state index is 0.660. The first-order valence-corrected chi connectivity index (χ1v) is 9.47. The average Bonchev–Trinajstić information content (AvgIpc) is 3.33. The summed E-state index contributed by atoms with van der Waals surface area (Å²) in [7, 11) is 1.89. The second-order valence-corrected chi connectivity index (χ2v) is 7.00. The van der Waals surface area contributed by atoms with Crippen molar-refractivity contribution in [2.75, 3.05) is 5.32 Å². The van der Waals surface area contributed by atoms with Crippen LogP contribution >= 0.6 is 11.9 Å². The first-order chi connectivity index (χ1) is 13.7. The molecule has 1 aromatic carbocycles. The van der Waals surface area contributed by atoms with Gasteiger partial charge in [-0.3, -0.25) is 9.08 Å². The van der Waals surface area contributed by atoms with Crippen molar-refractivity contribution in [2.45, 2.75) is 6.42 Å². The SMILES string of the molecule is C=NS/C(=C\Cc1ccccc1)Nc1nccn2c(-c3cnn(C)c3)cnc12. The lowest BCUT2D eigenvalue weighted by Crippen LogP contribution is -2.02. The van der Waals surface area contributed by atoms with Gasteiger partial charge in [0.2, 0.25) is 0 Å². The maximum absolute atomic E-state index is 4.55. The highest BCUT2D eigenvalue weighted by molar-refractivity contribution is 8.02. The molecule has 0 saturated heterocycles. The predicted molar refractivity (Wildman–Crippen MR) is 114 cm³/mol. The number of imidazole rings is 1. The molecular formula is C20H19N7S. The summed E-state index contributed by atoms with van der Waals surface area (Å²) >= 11 is 1.28. The van der Waals surface area contributed by atoms with Gasteiger partial charge in [0, 0.05) is 43.1 Å². The van der Waals surface area contributed by atoms with Gasteiger partial charge in [0.15, 0.2) is 11.5 Å². The smallest absolute Gasteiger partial charge is 0.180 e. The van der Waals surface area contributed by atoms with Crippen LogP contribution in [0.1, 0.15) is 5.56 Å². The largest absolute Gasteiger partial charge is 0.331 e. The highest BCUT2D eigenvalue weighted by Gasteiger charge is 2.12. The molecule has 0 bridgehead atoms. The Kier molecular flexibility index (Phi) is 5.20. The van der Waals surface area contributed by atoms with Crippen LogP contribution in [-0.2, 0) is 13.5 Å². The Labute approximate surface area is 167 Å². The molecule has 0 aliphatic heterocycles. The number of nitrogens with zero attached hydrogens (tertiary/aromatic N) is 6. The van der Waals surface area contributed by atoms with Crippen LogP contribution in [0.4, 0.5) is 5.82 Å². The van der Waals surface area contributed by atoms with Crippen molar-refractivity contribution in [3.63, 3.8) is 0 Å². The van der Waals surface area contributed by atoms with Gasteiger partial charge in [0.25, 0.3) is 0 Å². The quantitative estimate of drug-likeness (QED) is 0.382. The Morgan fingerprint density at radius 1 is 1.25 bits per heavy atom. The number of rotatable bonds is 7. The van der Waals surface area contributed by atoms with Crippen molar-refractivity contribution >= 4 is 30.1 Å². The number of allylic oxidation sites excluding steroid dienone is 1. The second kappa shape index (κ2) is 8.10. The molecule has 0 radical (unpaired) electrons. The second-order valence-electron chi connectivity index (χ2n) is 6.12. The Morgan fingerprint density at radius 2 is 2.11 bits per heavy atom. The fourth-order valence-electron chi connectivity index (χ4n) is 2.90. The van der Waals surface area contributed by atoms with Crippen molar-refractivity contribution in [1.82, 2.24) is 24.1 Å². The number of anilines is 1. The van der Waals surface area contributed by atoms with E-state index in [-0.39, 0.29) is 0 Å². The van der Waals surface area contributed by atoms with Crippen LogP contribution in [0.3, 0.4) is 0 Å². The topological polar surface area (TPSA) is 72.4 Å². The Hall–Kier alpha value is -3.39. The fourth-order valence-corrected chi connectivity index (χ4v) is 3.34. The minimum Gasteiger partial charge on any atom is -0.331 e. The molecule has 3 heterocycles. The lowest BCUT2D eigenvalue weighted by atomic mass is 10.1. The molecule has 0 unspecified atom stereocenters. The molecule has 28 heavy (non-hydrogen) atoms. The third kappa shape index (κ3) is 3.81. The summed E-state index contributed by atoms with van der Waals surface area (Å²) in [6, 6.07) is 10.3. The molecule has 0 aliphatic rings. The first kappa shape index (κ1) is 18.0. The maximum Gasteiger partial charge on any atom is 0.180 e. The first-order valence-electron chi connectivity index (χ1n) is 8.70. The lowest BCUT2D eigenvalue weighted by molar-refractivity contribution is 0.768. The van der Waals surface area contributed by atoms with Gasteiger partial charge in [0.05, 0.1) is 23.1 Å².